The van der Waals surface area contributed by atoms with Gasteiger partial charge in [0.25, 0.3) is 5.91 Å². The van der Waals surface area contributed by atoms with Crippen molar-refractivity contribution in [3.63, 3.8) is 0 Å². The van der Waals surface area contributed by atoms with Gasteiger partial charge in [-0.1, -0.05) is 37.3 Å². The molecule has 0 atom stereocenters. The Morgan fingerprint density at radius 1 is 1.08 bits per heavy atom. The molecule has 0 bridgehead atoms. The number of carbonyl (C=O) groups excluding carboxylic acids is 1. The fourth-order valence-corrected chi connectivity index (χ4v) is 3.33. The van der Waals surface area contributed by atoms with Crippen LogP contribution in [0.4, 0.5) is 5.82 Å². The van der Waals surface area contributed by atoms with Gasteiger partial charge >= 0.3 is 0 Å². The van der Waals surface area contributed by atoms with E-state index in [2.05, 4.69) is 33.8 Å². The fraction of sp³-hybridized carbons (Fsp3) is 0.429. The Balaban J connectivity index is 1.71. The molecular formula is C21H28N4O. The van der Waals surface area contributed by atoms with Crippen LogP contribution in [-0.4, -0.2) is 60.0 Å². The first-order valence-corrected chi connectivity index (χ1v) is 9.47. The molecular weight excluding hydrogens is 324 g/mol. The number of benzene rings is 1. The summed E-state index contributed by atoms with van der Waals surface area (Å²) in [5.74, 6) is 0.967. The van der Waals surface area contributed by atoms with Gasteiger partial charge in [0.15, 0.2) is 0 Å². The van der Waals surface area contributed by atoms with Crippen molar-refractivity contribution in [2.45, 2.75) is 20.4 Å². The summed E-state index contributed by atoms with van der Waals surface area (Å²) in [5, 5.41) is 0. The van der Waals surface area contributed by atoms with Gasteiger partial charge in [-0.3, -0.25) is 4.79 Å². The summed E-state index contributed by atoms with van der Waals surface area (Å²) >= 11 is 0. The molecule has 3 rings (SSSR count). The highest BCUT2D eigenvalue weighted by Crippen LogP contribution is 2.17. The van der Waals surface area contributed by atoms with Gasteiger partial charge in [-0.05, 0) is 31.2 Å². The molecule has 0 aliphatic carbocycles. The predicted molar refractivity (Wildman–Crippen MR) is 105 cm³/mol. The van der Waals surface area contributed by atoms with Crippen molar-refractivity contribution in [1.82, 2.24) is 14.8 Å². The fourth-order valence-electron chi connectivity index (χ4n) is 3.33. The van der Waals surface area contributed by atoms with Crippen LogP contribution in [0.25, 0.3) is 0 Å². The third-order valence-corrected chi connectivity index (χ3v) is 5.02. The zero-order valence-electron chi connectivity index (χ0n) is 15.8. The number of piperazine rings is 1. The van der Waals surface area contributed by atoms with Crippen LogP contribution < -0.4 is 4.90 Å². The molecule has 0 spiro atoms. The summed E-state index contributed by atoms with van der Waals surface area (Å²) in [5.41, 5.74) is 1.86. The van der Waals surface area contributed by atoms with Gasteiger partial charge in [-0.2, -0.15) is 0 Å². The Hall–Kier alpha value is -2.40. The van der Waals surface area contributed by atoms with Crippen molar-refractivity contribution in [2.24, 2.45) is 0 Å². The molecule has 0 unspecified atom stereocenters. The number of hydrogen-bond donors (Lipinski definition) is 0. The SMILES string of the molecule is CCN1CCN(c2cc(C(=O)N(CC)Cc3ccccc3)ccn2)CC1. The van der Waals surface area contributed by atoms with Crippen LogP contribution in [0.3, 0.4) is 0 Å². The lowest BCUT2D eigenvalue weighted by Crippen LogP contribution is -2.46. The van der Waals surface area contributed by atoms with Gasteiger partial charge in [0.1, 0.15) is 5.82 Å². The van der Waals surface area contributed by atoms with Gasteiger partial charge in [0, 0.05) is 51.0 Å². The van der Waals surface area contributed by atoms with Crippen LogP contribution >= 0.6 is 0 Å². The summed E-state index contributed by atoms with van der Waals surface area (Å²) in [6.07, 6.45) is 1.76. The first-order chi connectivity index (χ1) is 12.7. The van der Waals surface area contributed by atoms with E-state index in [0.717, 1.165) is 44.1 Å². The number of hydrogen-bond acceptors (Lipinski definition) is 4. The lowest BCUT2D eigenvalue weighted by atomic mass is 10.1. The molecule has 2 aromatic rings. The largest absolute Gasteiger partial charge is 0.354 e. The highest BCUT2D eigenvalue weighted by molar-refractivity contribution is 5.94. The molecule has 1 aromatic heterocycles. The van der Waals surface area contributed by atoms with E-state index in [1.54, 1.807) is 6.20 Å². The summed E-state index contributed by atoms with van der Waals surface area (Å²) in [4.78, 5) is 24.1. The number of likely N-dealkylation sites (N-methyl/N-ethyl adjacent to an activating group) is 1. The molecule has 2 heterocycles. The number of rotatable bonds is 6. The topological polar surface area (TPSA) is 39.7 Å². The minimum atomic E-state index is 0.0622. The van der Waals surface area contributed by atoms with Crippen LogP contribution in [0.2, 0.25) is 0 Å². The van der Waals surface area contributed by atoms with E-state index in [4.69, 9.17) is 0 Å². The minimum Gasteiger partial charge on any atom is -0.354 e. The Morgan fingerprint density at radius 2 is 1.81 bits per heavy atom. The van der Waals surface area contributed by atoms with E-state index >= 15 is 0 Å². The highest BCUT2D eigenvalue weighted by Gasteiger charge is 2.19. The molecule has 0 radical (unpaired) electrons. The maximum Gasteiger partial charge on any atom is 0.254 e. The number of pyridine rings is 1. The molecule has 26 heavy (non-hydrogen) atoms. The summed E-state index contributed by atoms with van der Waals surface area (Å²) in [7, 11) is 0. The molecule has 1 fully saturated rings. The Bertz CT molecular complexity index is 711. The molecule has 138 valence electrons. The van der Waals surface area contributed by atoms with Gasteiger partial charge < -0.3 is 14.7 Å². The van der Waals surface area contributed by atoms with Gasteiger partial charge in [0.2, 0.25) is 0 Å². The molecule has 0 saturated carbocycles. The van der Waals surface area contributed by atoms with Crippen molar-refractivity contribution in [1.29, 1.82) is 0 Å². The van der Waals surface area contributed by atoms with E-state index in [9.17, 15) is 4.79 Å². The number of nitrogens with zero attached hydrogens (tertiary/aromatic N) is 4. The second-order valence-electron chi connectivity index (χ2n) is 6.63. The van der Waals surface area contributed by atoms with Crippen molar-refractivity contribution >= 4 is 11.7 Å². The second kappa shape index (κ2) is 8.81. The first kappa shape index (κ1) is 18.4. The normalized spacial score (nSPS) is 15.1. The van der Waals surface area contributed by atoms with E-state index in [-0.39, 0.29) is 5.91 Å². The Labute approximate surface area is 156 Å². The molecule has 1 aliphatic heterocycles. The summed E-state index contributed by atoms with van der Waals surface area (Å²) < 4.78 is 0. The number of aromatic nitrogens is 1. The van der Waals surface area contributed by atoms with Gasteiger partial charge in [0.05, 0.1) is 0 Å². The lowest BCUT2D eigenvalue weighted by Gasteiger charge is -2.34. The van der Waals surface area contributed by atoms with Crippen LogP contribution in [-0.2, 0) is 6.54 Å². The monoisotopic (exact) mass is 352 g/mol. The maximum atomic E-state index is 13.0. The first-order valence-electron chi connectivity index (χ1n) is 9.47. The lowest BCUT2D eigenvalue weighted by molar-refractivity contribution is 0.0752. The van der Waals surface area contributed by atoms with Crippen molar-refractivity contribution in [3.8, 4) is 0 Å². The number of amides is 1. The smallest absolute Gasteiger partial charge is 0.254 e. The van der Waals surface area contributed by atoms with Crippen LogP contribution in [0, 0.1) is 0 Å². The van der Waals surface area contributed by atoms with Crippen molar-refractivity contribution < 1.29 is 4.79 Å². The zero-order chi connectivity index (χ0) is 18.4. The molecule has 5 nitrogen and oxygen atoms in total. The number of anilines is 1. The predicted octanol–water partition coefficient (Wildman–Crippen LogP) is 2.89. The minimum absolute atomic E-state index is 0.0622. The zero-order valence-corrected chi connectivity index (χ0v) is 15.8. The summed E-state index contributed by atoms with van der Waals surface area (Å²) in [6.45, 7) is 10.6. The average molecular weight is 352 g/mol. The second-order valence-corrected chi connectivity index (χ2v) is 6.63. The van der Waals surface area contributed by atoms with Gasteiger partial charge in [-0.25, -0.2) is 4.98 Å². The maximum absolute atomic E-state index is 13.0. The number of carbonyl (C=O) groups is 1. The third-order valence-electron chi connectivity index (χ3n) is 5.02. The molecule has 5 heteroatoms. The van der Waals surface area contributed by atoms with Gasteiger partial charge in [-0.15, -0.1) is 0 Å². The van der Waals surface area contributed by atoms with E-state index < -0.39 is 0 Å². The van der Waals surface area contributed by atoms with Crippen LogP contribution in [0.1, 0.15) is 29.8 Å². The van der Waals surface area contributed by atoms with Crippen molar-refractivity contribution in [2.75, 3.05) is 44.2 Å². The molecule has 1 aromatic carbocycles. The Morgan fingerprint density at radius 3 is 2.46 bits per heavy atom. The Kier molecular flexibility index (Phi) is 6.23. The quantitative estimate of drug-likeness (QED) is 0.801. The van der Waals surface area contributed by atoms with Crippen molar-refractivity contribution in [3.05, 3.63) is 59.8 Å². The average Bonchev–Trinajstić information content (AvgIpc) is 2.72. The van der Waals surface area contributed by atoms with Crippen LogP contribution in [0.15, 0.2) is 48.7 Å². The van der Waals surface area contributed by atoms with E-state index in [1.165, 1.54) is 0 Å². The molecule has 0 N–H and O–H groups in total. The van der Waals surface area contributed by atoms with E-state index in [0.29, 0.717) is 18.7 Å². The third kappa shape index (κ3) is 4.41. The molecule has 1 aliphatic rings. The highest BCUT2D eigenvalue weighted by atomic mass is 16.2. The molecule has 1 amide bonds. The summed E-state index contributed by atoms with van der Waals surface area (Å²) in [6, 6.07) is 13.9. The van der Waals surface area contributed by atoms with Crippen LogP contribution in [0.5, 0.6) is 0 Å². The molecule has 1 saturated heterocycles. The van der Waals surface area contributed by atoms with E-state index in [1.807, 2.05) is 42.2 Å². The standard InChI is InChI=1S/C21H28N4O/c1-3-23-12-14-25(15-13-23)20-16-19(10-11-22-20)21(26)24(4-2)17-18-8-6-5-7-9-18/h5-11,16H,3-4,12-15,17H2,1-2H3.